The summed E-state index contributed by atoms with van der Waals surface area (Å²) in [6.45, 7) is 4.47. The molecule has 11 heteroatoms. The molecule has 0 saturated heterocycles. The predicted molar refractivity (Wildman–Crippen MR) is 133 cm³/mol. The first kappa shape index (κ1) is 25.6. The van der Waals surface area contributed by atoms with Crippen LogP contribution in [-0.2, 0) is 19.6 Å². The van der Waals surface area contributed by atoms with Gasteiger partial charge in [0, 0.05) is 15.6 Å². The van der Waals surface area contributed by atoms with Gasteiger partial charge in [0.25, 0.3) is 10.0 Å². The molecule has 0 saturated carbocycles. The van der Waals surface area contributed by atoms with Crippen LogP contribution < -0.4 is 10.0 Å². The minimum atomic E-state index is -4.27. The monoisotopic (exact) mass is 523 g/mol. The topological polar surface area (TPSA) is 122 Å². The van der Waals surface area contributed by atoms with Gasteiger partial charge in [0.15, 0.2) is 5.84 Å². The number of nitrogens with two attached hydrogens (primary N) is 1. The van der Waals surface area contributed by atoms with Gasteiger partial charge in [-0.3, -0.25) is 9.10 Å². The Hall–Kier alpha value is -3.01. The van der Waals surface area contributed by atoms with Crippen LogP contribution >= 0.6 is 23.2 Å². The van der Waals surface area contributed by atoms with Crippen LogP contribution in [0.25, 0.3) is 10.8 Å². The SMILES string of the molecule is CC(C)(C)OC(=O)CN(c1ccc2c(C(N)=NO)cccc2c1)S(=O)(=O)c1cc(Cl)cc(Cl)c1. The highest BCUT2D eigenvalue weighted by Crippen LogP contribution is 2.31. The van der Waals surface area contributed by atoms with Crippen molar-refractivity contribution in [1.82, 2.24) is 0 Å². The lowest BCUT2D eigenvalue weighted by Gasteiger charge is -2.27. The smallest absolute Gasteiger partial charge is 0.327 e. The number of halogens is 2. The number of carbonyl (C=O) groups excluding carboxylic acids is 1. The minimum absolute atomic E-state index is 0.0925. The number of sulfonamides is 1. The zero-order valence-corrected chi connectivity index (χ0v) is 20.9. The van der Waals surface area contributed by atoms with Crippen molar-refractivity contribution in [2.75, 3.05) is 10.8 Å². The molecule has 0 atom stereocenters. The maximum absolute atomic E-state index is 13.6. The van der Waals surface area contributed by atoms with E-state index in [9.17, 15) is 13.2 Å². The summed E-state index contributed by atoms with van der Waals surface area (Å²) < 4.78 is 33.5. The standard InChI is InChI=1S/C23H23Cl2N3O5S/c1-23(2,3)33-21(29)13-28(34(31,32)18-11-15(24)10-16(25)12-18)17-7-8-19-14(9-17)5-4-6-20(19)22(26)27-30/h4-12,30H,13H2,1-3H3,(H2,26,27). The van der Waals surface area contributed by atoms with Crippen molar-refractivity contribution in [3.63, 3.8) is 0 Å². The third-order valence-electron chi connectivity index (χ3n) is 4.65. The predicted octanol–water partition coefficient (Wildman–Crippen LogP) is 4.78. The van der Waals surface area contributed by atoms with Crippen molar-refractivity contribution in [3.8, 4) is 0 Å². The van der Waals surface area contributed by atoms with Gasteiger partial charge in [-0.15, -0.1) is 0 Å². The largest absolute Gasteiger partial charge is 0.459 e. The van der Waals surface area contributed by atoms with E-state index in [4.69, 9.17) is 38.9 Å². The number of nitrogens with zero attached hydrogens (tertiary/aromatic N) is 2. The number of anilines is 1. The molecule has 0 unspecified atom stereocenters. The highest BCUT2D eigenvalue weighted by atomic mass is 35.5. The van der Waals surface area contributed by atoms with Crippen LogP contribution in [0, 0.1) is 0 Å². The van der Waals surface area contributed by atoms with Crippen LogP contribution in [0.5, 0.6) is 0 Å². The van der Waals surface area contributed by atoms with Gasteiger partial charge in [-0.05, 0) is 61.9 Å². The molecule has 0 radical (unpaired) electrons. The van der Waals surface area contributed by atoms with E-state index in [1.54, 1.807) is 51.1 Å². The number of ether oxygens (including phenoxy) is 1. The van der Waals surface area contributed by atoms with Crippen LogP contribution in [0.2, 0.25) is 10.0 Å². The zero-order valence-electron chi connectivity index (χ0n) is 18.6. The first-order valence-corrected chi connectivity index (χ1v) is 12.2. The number of rotatable bonds is 6. The summed E-state index contributed by atoms with van der Waals surface area (Å²) in [6, 6.07) is 13.7. The second-order valence-electron chi connectivity index (χ2n) is 8.40. The number of fused-ring (bicyclic) bond motifs is 1. The summed E-state index contributed by atoms with van der Waals surface area (Å²) >= 11 is 12.1. The van der Waals surface area contributed by atoms with Crippen LogP contribution in [0.3, 0.4) is 0 Å². The van der Waals surface area contributed by atoms with Crippen LogP contribution in [0.1, 0.15) is 26.3 Å². The van der Waals surface area contributed by atoms with E-state index < -0.39 is 28.1 Å². The number of hydrogen-bond donors (Lipinski definition) is 2. The molecule has 3 rings (SSSR count). The first-order valence-electron chi connectivity index (χ1n) is 10.0. The number of benzene rings is 3. The fourth-order valence-corrected chi connectivity index (χ4v) is 5.44. The Balaban J connectivity index is 2.17. The highest BCUT2D eigenvalue weighted by Gasteiger charge is 2.30. The Morgan fingerprint density at radius 1 is 1.09 bits per heavy atom. The van der Waals surface area contributed by atoms with E-state index in [0.717, 1.165) is 4.31 Å². The molecule has 180 valence electrons. The fraction of sp³-hybridized carbons (Fsp3) is 0.217. The second kappa shape index (κ2) is 9.69. The van der Waals surface area contributed by atoms with Crippen molar-refractivity contribution in [1.29, 1.82) is 0 Å². The fourth-order valence-electron chi connectivity index (χ4n) is 3.31. The van der Waals surface area contributed by atoms with Gasteiger partial charge in [-0.2, -0.15) is 0 Å². The van der Waals surface area contributed by atoms with E-state index in [2.05, 4.69) is 5.16 Å². The number of amidine groups is 1. The summed E-state index contributed by atoms with van der Waals surface area (Å²) in [7, 11) is -4.27. The van der Waals surface area contributed by atoms with E-state index in [0.29, 0.717) is 16.3 Å². The van der Waals surface area contributed by atoms with Gasteiger partial charge >= 0.3 is 5.97 Å². The van der Waals surface area contributed by atoms with Crippen molar-refractivity contribution >= 4 is 61.5 Å². The molecular formula is C23H23Cl2N3O5S. The summed E-state index contributed by atoms with van der Waals surface area (Å²) in [5.41, 5.74) is 5.62. The van der Waals surface area contributed by atoms with E-state index >= 15 is 0 Å². The molecule has 0 heterocycles. The third-order valence-corrected chi connectivity index (χ3v) is 6.84. The number of carbonyl (C=O) groups is 1. The molecule has 0 fully saturated rings. The van der Waals surface area contributed by atoms with Gasteiger partial charge in [0.1, 0.15) is 12.1 Å². The van der Waals surface area contributed by atoms with Gasteiger partial charge in [0.05, 0.1) is 10.6 Å². The van der Waals surface area contributed by atoms with Crippen molar-refractivity contribution in [3.05, 3.63) is 70.2 Å². The van der Waals surface area contributed by atoms with E-state index in [1.165, 1.54) is 24.3 Å². The highest BCUT2D eigenvalue weighted by molar-refractivity contribution is 7.92. The normalized spacial score (nSPS) is 12.6. The second-order valence-corrected chi connectivity index (χ2v) is 11.1. The van der Waals surface area contributed by atoms with Crippen LogP contribution in [0.4, 0.5) is 5.69 Å². The van der Waals surface area contributed by atoms with E-state index in [-0.39, 0.29) is 26.5 Å². The summed E-state index contributed by atoms with van der Waals surface area (Å²) in [4.78, 5) is 12.5. The van der Waals surface area contributed by atoms with Crippen LogP contribution in [-0.4, -0.2) is 37.6 Å². The molecule has 0 aromatic heterocycles. The molecule has 8 nitrogen and oxygen atoms in total. The molecular weight excluding hydrogens is 501 g/mol. The van der Waals surface area contributed by atoms with Crippen molar-refractivity contribution in [2.45, 2.75) is 31.3 Å². The molecule has 0 spiro atoms. The van der Waals surface area contributed by atoms with Crippen molar-refractivity contribution < 1.29 is 23.2 Å². The zero-order chi connectivity index (χ0) is 25.3. The Kier molecular flexibility index (Phi) is 7.30. The van der Waals surface area contributed by atoms with Gasteiger partial charge in [0.2, 0.25) is 0 Å². The lowest BCUT2D eigenvalue weighted by molar-refractivity contribution is -0.152. The number of hydrogen-bond acceptors (Lipinski definition) is 6. The molecule has 3 aromatic carbocycles. The maximum atomic E-state index is 13.6. The van der Waals surface area contributed by atoms with Crippen molar-refractivity contribution in [2.24, 2.45) is 10.9 Å². The van der Waals surface area contributed by atoms with E-state index in [1.807, 2.05) is 0 Å². The van der Waals surface area contributed by atoms with Gasteiger partial charge in [-0.1, -0.05) is 52.6 Å². The quantitative estimate of drug-likeness (QED) is 0.157. The minimum Gasteiger partial charge on any atom is -0.459 e. The average Bonchev–Trinajstić information content (AvgIpc) is 2.74. The molecule has 34 heavy (non-hydrogen) atoms. The number of oxime groups is 1. The lowest BCUT2D eigenvalue weighted by atomic mass is 10.0. The first-order chi connectivity index (χ1) is 15.8. The summed E-state index contributed by atoms with van der Waals surface area (Å²) in [5.74, 6) is -0.833. The molecule has 0 bridgehead atoms. The maximum Gasteiger partial charge on any atom is 0.327 e. The summed E-state index contributed by atoms with van der Waals surface area (Å²) in [5, 5.41) is 13.6. The molecule has 3 aromatic rings. The number of esters is 1. The average molecular weight is 524 g/mol. The Morgan fingerprint density at radius 2 is 1.74 bits per heavy atom. The molecule has 0 aliphatic rings. The Labute approximate surface area is 207 Å². The molecule has 3 N–H and O–H groups in total. The van der Waals surface area contributed by atoms with Gasteiger partial charge < -0.3 is 15.7 Å². The lowest BCUT2D eigenvalue weighted by Crippen LogP contribution is -2.39. The molecule has 0 aliphatic heterocycles. The molecule has 0 amide bonds. The van der Waals surface area contributed by atoms with Gasteiger partial charge in [-0.25, -0.2) is 8.42 Å². The molecule has 0 aliphatic carbocycles. The third kappa shape index (κ3) is 5.72. The Morgan fingerprint density at radius 3 is 2.32 bits per heavy atom. The van der Waals surface area contributed by atoms with Crippen LogP contribution in [0.15, 0.2) is 64.6 Å². The summed E-state index contributed by atoms with van der Waals surface area (Å²) in [6.07, 6.45) is 0. The Bertz CT molecular complexity index is 1360.